The Labute approximate surface area is 156 Å². The van der Waals surface area contributed by atoms with Crippen LogP contribution in [0.5, 0.6) is 0 Å². The minimum Gasteiger partial charge on any atom is -0.335 e. The van der Waals surface area contributed by atoms with Gasteiger partial charge in [0.15, 0.2) is 0 Å². The van der Waals surface area contributed by atoms with Crippen LogP contribution in [0.2, 0.25) is 0 Å². The van der Waals surface area contributed by atoms with Gasteiger partial charge in [-0.25, -0.2) is 9.97 Å². The molecule has 2 fully saturated rings. The first-order valence-corrected chi connectivity index (χ1v) is 9.30. The third kappa shape index (κ3) is 3.17. The number of alkyl halides is 3. The maximum absolute atomic E-state index is 13.6. The first kappa shape index (κ1) is 18.2. The number of nitrogens with zero attached hydrogens (tertiary/aromatic N) is 3. The minimum atomic E-state index is -4.30. The van der Waals surface area contributed by atoms with Gasteiger partial charge in [-0.2, -0.15) is 13.2 Å². The summed E-state index contributed by atoms with van der Waals surface area (Å²) in [4.78, 5) is 22.3. The van der Waals surface area contributed by atoms with Crippen molar-refractivity contribution in [2.24, 2.45) is 23.2 Å². The number of carbonyl (C=O) groups is 1. The molecular weight excluding hydrogens is 355 g/mol. The van der Waals surface area contributed by atoms with E-state index < -0.39 is 17.2 Å². The first-order chi connectivity index (χ1) is 12.8. The fraction of sp³-hybridized carbons (Fsp3) is 0.550. The Hall–Kier alpha value is -2.18. The van der Waals surface area contributed by atoms with Crippen LogP contribution in [0, 0.1) is 23.2 Å². The molecule has 0 N–H and O–H groups in total. The van der Waals surface area contributed by atoms with E-state index in [1.807, 2.05) is 6.08 Å². The molecule has 0 radical (unpaired) electrons. The molecule has 0 spiro atoms. The Morgan fingerprint density at radius 3 is 2.41 bits per heavy atom. The molecule has 4 atom stereocenters. The molecule has 2 aliphatic carbocycles. The summed E-state index contributed by atoms with van der Waals surface area (Å²) in [5.41, 5.74) is -1.29. The molecule has 1 amide bonds. The van der Waals surface area contributed by atoms with Crippen molar-refractivity contribution < 1.29 is 18.0 Å². The quantitative estimate of drug-likeness (QED) is 0.782. The highest BCUT2D eigenvalue weighted by atomic mass is 19.4. The Balaban J connectivity index is 1.46. The number of amides is 1. The lowest BCUT2D eigenvalue weighted by Gasteiger charge is -2.40. The molecule has 1 saturated carbocycles. The topological polar surface area (TPSA) is 46.1 Å². The van der Waals surface area contributed by atoms with E-state index in [0.29, 0.717) is 19.5 Å². The number of aromatic nitrogens is 2. The zero-order valence-electron chi connectivity index (χ0n) is 15.1. The maximum atomic E-state index is 13.6. The van der Waals surface area contributed by atoms with Crippen LogP contribution in [0.3, 0.4) is 0 Å². The average Bonchev–Trinajstić information content (AvgIpc) is 3.21. The van der Waals surface area contributed by atoms with Crippen molar-refractivity contribution in [1.82, 2.24) is 14.9 Å². The van der Waals surface area contributed by atoms with Gasteiger partial charge >= 0.3 is 6.18 Å². The zero-order chi connectivity index (χ0) is 19.2. The standard InChI is InChI=1S/C20H22F3N3O/c1-19(6-3-2-5-16(19)20(21,22)23)15-9-13-11-26(12-14(13)10-15)18(27)17-24-7-4-8-25-17/h2-5,7-8,13-15H,6,9-12H2,1H3/t13-,14+,15?,19?. The summed E-state index contributed by atoms with van der Waals surface area (Å²) in [6, 6.07) is 1.66. The lowest BCUT2D eigenvalue weighted by atomic mass is 9.66. The molecule has 27 heavy (non-hydrogen) atoms. The molecule has 4 nitrogen and oxygen atoms in total. The van der Waals surface area contributed by atoms with E-state index in [1.54, 1.807) is 17.9 Å². The zero-order valence-corrected chi connectivity index (χ0v) is 15.1. The van der Waals surface area contributed by atoms with Gasteiger partial charge in [-0.05, 0) is 43.1 Å². The van der Waals surface area contributed by atoms with Crippen LogP contribution in [0.25, 0.3) is 0 Å². The number of carbonyl (C=O) groups excluding carboxylic acids is 1. The second kappa shape index (κ2) is 6.46. The van der Waals surface area contributed by atoms with Gasteiger partial charge in [0.25, 0.3) is 5.91 Å². The van der Waals surface area contributed by atoms with Crippen LogP contribution in [-0.2, 0) is 0 Å². The Kier molecular flexibility index (Phi) is 4.35. The van der Waals surface area contributed by atoms with E-state index >= 15 is 0 Å². The molecule has 2 unspecified atom stereocenters. The fourth-order valence-electron chi connectivity index (χ4n) is 5.12. The Morgan fingerprint density at radius 1 is 1.19 bits per heavy atom. The van der Waals surface area contributed by atoms with Gasteiger partial charge in [0.2, 0.25) is 5.82 Å². The molecule has 2 heterocycles. The molecule has 1 saturated heterocycles. The van der Waals surface area contributed by atoms with E-state index in [2.05, 4.69) is 9.97 Å². The number of rotatable bonds is 2. The predicted octanol–water partition coefficient (Wildman–Crippen LogP) is 4.03. The second-order valence-electron chi connectivity index (χ2n) is 8.10. The van der Waals surface area contributed by atoms with E-state index in [0.717, 1.165) is 12.8 Å². The molecule has 1 aromatic heterocycles. The fourth-order valence-corrected chi connectivity index (χ4v) is 5.12. The second-order valence-corrected chi connectivity index (χ2v) is 8.10. The van der Waals surface area contributed by atoms with Crippen molar-refractivity contribution in [2.75, 3.05) is 13.1 Å². The van der Waals surface area contributed by atoms with Crippen LogP contribution < -0.4 is 0 Å². The highest BCUT2D eigenvalue weighted by Crippen LogP contribution is 2.56. The van der Waals surface area contributed by atoms with Crippen molar-refractivity contribution in [3.05, 3.63) is 48.1 Å². The Morgan fingerprint density at radius 2 is 1.81 bits per heavy atom. The lowest BCUT2D eigenvalue weighted by molar-refractivity contribution is -0.111. The lowest BCUT2D eigenvalue weighted by Crippen LogP contribution is -2.37. The molecule has 3 aliphatic rings. The monoisotopic (exact) mass is 377 g/mol. The summed E-state index contributed by atoms with van der Waals surface area (Å²) >= 11 is 0. The molecule has 4 rings (SSSR count). The normalized spacial score (nSPS) is 33.1. The number of hydrogen-bond donors (Lipinski definition) is 0. The maximum Gasteiger partial charge on any atom is 0.413 e. The van der Waals surface area contributed by atoms with Crippen molar-refractivity contribution in [3.8, 4) is 0 Å². The molecule has 1 aromatic rings. The molecule has 0 aromatic carbocycles. The van der Waals surface area contributed by atoms with Gasteiger partial charge < -0.3 is 4.90 Å². The van der Waals surface area contributed by atoms with Gasteiger partial charge in [0, 0.05) is 36.5 Å². The highest BCUT2D eigenvalue weighted by Gasteiger charge is 2.54. The summed E-state index contributed by atoms with van der Waals surface area (Å²) in [7, 11) is 0. The summed E-state index contributed by atoms with van der Waals surface area (Å²) < 4.78 is 40.7. The van der Waals surface area contributed by atoms with Gasteiger partial charge in [0.05, 0.1) is 0 Å². The van der Waals surface area contributed by atoms with E-state index in [1.165, 1.54) is 24.5 Å². The number of halogens is 3. The summed E-state index contributed by atoms with van der Waals surface area (Å²) in [6.45, 7) is 2.91. The largest absolute Gasteiger partial charge is 0.413 e. The first-order valence-electron chi connectivity index (χ1n) is 9.30. The van der Waals surface area contributed by atoms with E-state index in [4.69, 9.17) is 0 Å². The predicted molar refractivity (Wildman–Crippen MR) is 93.6 cm³/mol. The van der Waals surface area contributed by atoms with Crippen LogP contribution in [0.1, 0.15) is 36.8 Å². The van der Waals surface area contributed by atoms with Gasteiger partial charge in [-0.3, -0.25) is 4.79 Å². The van der Waals surface area contributed by atoms with E-state index in [9.17, 15) is 18.0 Å². The molecule has 144 valence electrons. The minimum absolute atomic E-state index is 0.0180. The number of fused-ring (bicyclic) bond motifs is 1. The van der Waals surface area contributed by atoms with E-state index in [-0.39, 0.29) is 29.5 Å². The van der Waals surface area contributed by atoms with Crippen molar-refractivity contribution in [3.63, 3.8) is 0 Å². The molecule has 7 heteroatoms. The number of allylic oxidation sites excluding steroid dienone is 4. The summed E-state index contributed by atoms with van der Waals surface area (Å²) in [5, 5.41) is 0. The summed E-state index contributed by atoms with van der Waals surface area (Å²) in [5.74, 6) is 0.472. The highest BCUT2D eigenvalue weighted by molar-refractivity contribution is 5.90. The van der Waals surface area contributed by atoms with Gasteiger partial charge in [-0.15, -0.1) is 0 Å². The molecular formula is C20H22F3N3O. The van der Waals surface area contributed by atoms with Crippen LogP contribution in [0.15, 0.2) is 42.3 Å². The van der Waals surface area contributed by atoms with Crippen molar-refractivity contribution in [1.29, 1.82) is 0 Å². The van der Waals surface area contributed by atoms with Crippen LogP contribution in [-0.4, -0.2) is 40.0 Å². The van der Waals surface area contributed by atoms with Crippen molar-refractivity contribution >= 4 is 5.91 Å². The number of hydrogen-bond acceptors (Lipinski definition) is 3. The van der Waals surface area contributed by atoms with Crippen LogP contribution in [0.4, 0.5) is 13.2 Å². The molecule has 0 bridgehead atoms. The summed E-state index contributed by atoms with van der Waals surface area (Å²) in [6.07, 6.45) is 5.23. The van der Waals surface area contributed by atoms with Crippen molar-refractivity contribution in [2.45, 2.75) is 32.4 Å². The third-order valence-corrected chi connectivity index (χ3v) is 6.56. The molecule has 1 aliphatic heterocycles. The van der Waals surface area contributed by atoms with Crippen LogP contribution >= 0.6 is 0 Å². The average molecular weight is 377 g/mol. The third-order valence-electron chi connectivity index (χ3n) is 6.56. The smallest absolute Gasteiger partial charge is 0.335 e. The SMILES string of the molecule is CC1(C2C[C@@H]3CN(C(=O)c4ncccn4)C[C@@H]3C2)CC=CC=C1C(F)(F)F. The van der Waals surface area contributed by atoms with Gasteiger partial charge in [-0.1, -0.05) is 25.2 Å². The van der Waals surface area contributed by atoms with Gasteiger partial charge in [0.1, 0.15) is 0 Å². The Bertz CT molecular complexity index is 775. The number of likely N-dealkylation sites (tertiary alicyclic amines) is 1.